The van der Waals surface area contributed by atoms with Gasteiger partial charge in [0.05, 0.1) is 20.3 Å². The van der Waals surface area contributed by atoms with Crippen molar-refractivity contribution in [1.29, 1.82) is 0 Å². The molecule has 5 nitrogen and oxygen atoms in total. The molecule has 0 saturated carbocycles. The van der Waals surface area contributed by atoms with Crippen LogP contribution in [0.2, 0.25) is 5.02 Å². The average molecular weight is 287 g/mol. The van der Waals surface area contributed by atoms with Crippen LogP contribution in [0, 0.1) is 0 Å². The van der Waals surface area contributed by atoms with Crippen molar-refractivity contribution in [3.05, 3.63) is 28.8 Å². The van der Waals surface area contributed by atoms with Gasteiger partial charge in [0.1, 0.15) is 5.75 Å². The molecule has 0 saturated heterocycles. The summed E-state index contributed by atoms with van der Waals surface area (Å²) < 4.78 is 10.3. The first-order valence-electron chi connectivity index (χ1n) is 5.88. The van der Waals surface area contributed by atoms with Gasteiger partial charge in [0.25, 0.3) is 0 Å². The van der Waals surface area contributed by atoms with Crippen LogP contribution in [0.15, 0.2) is 18.2 Å². The van der Waals surface area contributed by atoms with Crippen molar-refractivity contribution in [2.75, 3.05) is 33.9 Å². The number of methoxy groups -OCH3 is 2. The molecule has 0 spiro atoms. The molecule has 6 heteroatoms. The fraction of sp³-hybridized carbons (Fsp3) is 0.462. The molecule has 1 aromatic rings. The Labute approximate surface area is 118 Å². The third kappa shape index (κ3) is 5.46. The van der Waals surface area contributed by atoms with E-state index in [1.165, 1.54) is 0 Å². The molecule has 1 amide bonds. The molecule has 0 unspecified atom stereocenters. The number of nitrogens with zero attached hydrogens (tertiary/aromatic N) is 1. The molecule has 106 valence electrons. The van der Waals surface area contributed by atoms with Gasteiger partial charge in [-0.25, -0.2) is 0 Å². The van der Waals surface area contributed by atoms with Gasteiger partial charge in [-0.15, -0.1) is 0 Å². The molecule has 0 aliphatic heterocycles. The van der Waals surface area contributed by atoms with E-state index in [1.807, 2.05) is 11.0 Å². The zero-order chi connectivity index (χ0) is 14.3. The van der Waals surface area contributed by atoms with Crippen LogP contribution < -0.4 is 10.5 Å². The fourth-order valence-corrected chi connectivity index (χ4v) is 1.96. The molecule has 2 N–H and O–H groups in total. The van der Waals surface area contributed by atoms with E-state index in [2.05, 4.69) is 0 Å². The molecule has 0 aromatic heterocycles. The average Bonchev–Trinajstić information content (AvgIpc) is 2.35. The Morgan fingerprint density at radius 2 is 2.16 bits per heavy atom. The standard InChI is InChI=1S/C13H19ClN2O3/c1-18-6-5-16(9-13(15)17)8-10-7-11(14)3-4-12(10)19-2/h3-4,7H,5-6,8-9H2,1-2H3,(H2,15,17). The first-order valence-corrected chi connectivity index (χ1v) is 6.26. The monoisotopic (exact) mass is 286 g/mol. The van der Waals surface area contributed by atoms with Gasteiger partial charge in [0.15, 0.2) is 0 Å². The first-order chi connectivity index (χ1) is 9.06. The maximum absolute atomic E-state index is 11.1. The minimum Gasteiger partial charge on any atom is -0.496 e. The predicted molar refractivity (Wildman–Crippen MR) is 74.4 cm³/mol. The number of rotatable bonds is 8. The second-order valence-electron chi connectivity index (χ2n) is 4.13. The number of halogens is 1. The van der Waals surface area contributed by atoms with Crippen LogP contribution in [-0.4, -0.2) is 44.7 Å². The summed E-state index contributed by atoms with van der Waals surface area (Å²) in [6.07, 6.45) is 0. The van der Waals surface area contributed by atoms with E-state index in [4.69, 9.17) is 26.8 Å². The van der Waals surface area contributed by atoms with E-state index >= 15 is 0 Å². The fourth-order valence-electron chi connectivity index (χ4n) is 1.77. The van der Waals surface area contributed by atoms with E-state index in [-0.39, 0.29) is 12.5 Å². The van der Waals surface area contributed by atoms with Crippen LogP contribution in [0.25, 0.3) is 0 Å². The predicted octanol–water partition coefficient (Wildman–Crippen LogP) is 1.28. The highest BCUT2D eigenvalue weighted by molar-refractivity contribution is 6.30. The zero-order valence-corrected chi connectivity index (χ0v) is 11.9. The summed E-state index contributed by atoms with van der Waals surface area (Å²) in [6.45, 7) is 1.82. The van der Waals surface area contributed by atoms with E-state index in [1.54, 1.807) is 26.4 Å². The van der Waals surface area contributed by atoms with Crippen molar-refractivity contribution in [3.8, 4) is 5.75 Å². The summed E-state index contributed by atoms with van der Waals surface area (Å²) in [5, 5.41) is 0.626. The number of hydrogen-bond donors (Lipinski definition) is 1. The van der Waals surface area contributed by atoms with Gasteiger partial charge in [-0.3, -0.25) is 9.69 Å². The minimum absolute atomic E-state index is 0.166. The number of carbonyl (C=O) groups is 1. The van der Waals surface area contributed by atoms with Crippen LogP contribution in [0.1, 0.15) is 5.56 Å². The molecule has 1 aromatic carbocycles. The van der Waals surface area contributed by atoms with Crippen LogP contribution in [0.3, 0.4) is 0 Å². The number of primary amides is 1. The van der Waals surface area contributed by atoms with Gasteiger partial charge < -0.3 is 15.2 Å². The Balaban J connectivity index is 2.81. The molecular weight excluding hydrogens is 268 g/mol. The molecule has 1 rings (SSSR count). The Kier molecular flexibility index (Phi) is 6.62. The van der Waals surface area contributed by atoms with Crippen molar-refractivity contribution in [1.82, 2.24) is 4.90 Å². The number of benzene rings is 1. The van der Waals surface area contributed by atoms with Crippen molar-refractivity contribution in [2.24, 2.45) is 5.73 Å². The molecule has 0 heterocycles. The third-order valence-electron chi connectivity index (χ3n) is 2.63. The normalized spacial score (nSPS) is 10.7. The molecule has 0 atom stereocenters. The number of amides is 1. The quantitative estimate of drug-likeness (QED) is 0.782. The van der Waals surface area contributed by atoms with E-state index < -0.39 is 0 Å². The van der Waals surface area contributed by atoms with E-state index in [0.717, 1.165) is 11.3 Å². The van der Waals surface area contributed by atoms with Crippen LogP contribution in [0.5, 0.6) is 5.75 Å². The van der Waals surface area contributed by atoms with Crippen molar-refractivity contribution in [3.63, 3.8) is 0 Å². The van der Waals surface area contributed by atoms with Crippen molar-refractivity contribution >= 4 is 17.5 Å². The Hall–Kier alpha value is -1.30. The molecular formula is C13H19ClN2O3. The van der Waals surface area contributed by atoms with Gasteiger partial charge in [-0.1, -0.05) is 11.6 Å². The summed E-state index contributed by atoms with van der Waals surface area (Å²) in [5.41, 5.74) is 6.15. The minimum atomic E-state index is -0.378. The summed E-state index contributed by atoms with van der Waals surface area (Å²) in [5.74, 6) is 0.355. The van der Waals surface area contributed by atoms with Crippen LogP contribution in [0.4, 0.5) is 0 Å². The zero-order valence-electron chi connectivity index (χ0n) is 11.2. The lowest BCUT2D eigenvalue weighted by molar-refractivity contribution is -0.119. The SMILES string of the molecule is COCCN(CC(N)=O)Cc1cc(Cl)ccc1OC. The smallest absolute Gasteiger partial charge is 0.231 e. The second-order valence-corrected chi connectivity index (χ2v) is 4.56. The van der Waals surface area contributed by atoms with E-state index in [9.17, 15) is 4.79 Å². The van der Waals surface area contributed by atoms with Crippen LogP contribution >= 0.6 is 11.6 Å². The van der Waals surface area contributed by atoms with Gasteiger partial charge in [-0.2, -0.15) is 0 Å². The molecule has 0 fully saturated rings. The Morgan fingerprint density at radius 1 is 1.42 bits per heavy atom. The second kappa shape index (κ2) is 7.99. The van der Waals surface area contributed by atoms with Crippen molar-refractivity contribution < 1.29 is 14.3 Å². The maximum Gasteiger partial charge on any atom is 0.231 e. The number of hydrogen-bond acceptors (Lipinski definition) is 4. The molecule has 0 bridgehead atoms. The maximum atomic E-state index is 11.1. The number of carbonyl (C=O) groups excluding carboxylic acids is 1. The summed E-state index contributed by atoms with van der Waals surface area (Å²) in [4.78, 5) is 13.0. The Bertz CT molecular complexity index is 426. The highest BCUT2D eigenvalue weighted by Gasteiger charge is 2.12. The van der Waals surface area contributed by atoms with Crippen molar-refractivity contribution in [2.45, 2.75) is 6.54 Å². The lowest BCUT2D eigenvalue weighted by Crippen LogP contribution is -2.35. The number of nitrogens with two attached hydrogens (primary N) is 1. The summed E-state index contributed by atoms with van der Waals surface area (Å²) in [7, 11) is 3.21. The summed E-state index contributed by atoms with van der Waals surface area (Å²) >= 11 is 5.98. The highest BCUT2D eigenvalue weighted by atomic mass is 35.5. The summed E-state index contributed by atoms with van der Waals surface area (Å²) in [6, 6.07) is 5.38. The van der Waals surface area contributed by atoms with Gasteiger partial charge >= 0.3 is 0 Å². The number of ether oxygens (including phenoxy) is 2. The molecule has 0 radical (unpaired) electrons. The lowest BCUT2D eigenvalue weighted by Gasteiger charge is -2.21. The Morgan fingerprint density at radius 3 is 2.74 bits per heavy atom. The van der Waals surface area contributed by atoms with Gasteiger partial charge in [0, 0.05) is 30.8 Å². The third-order valence-corrected chi connectivity index (χ3v) is 2.86. The highest BCUT2D eigenvalue weighted by Crippen LogP contribution is 2.23. The van der Waals surface area contributed by atoms with Crippen LogP contribution in [-0.2, 0) is 16.1 Å². The van der Waals surface area contributed by atoms with Gasteiger partial charge in [0.2, 0.25) is 5.91 Å². The molecule has 0 aliphatic carbocycles. The lowest BCUT2D eigenvalue weighted by atomic mass is 10.2. The first kappa shape index (κ1) is 15.8. The topological polar surface area (TPSA) is 64.8 Å². The van der Waals surface area contributed by atoms with Gasteiger partial charge in [-0.05, 0) is 18.2 Å². The van der Waals surface area contributed by atoms with E-state index in [0.29, 0.717) is 24.7 Å². The molecule has 0 aliphatic rings. The molecule has 19 heavy (non-hydrogen) atoms. The largest absolute Gasteiger partial charge is 0.496 e.